The van der Waals surface area contributed by atoms with Crippen LogP contribution in [0.2, 0.25) is 0 Å². The van der Waals surface area contributed by atoms with E-state index < -0.39 is 0 Å². The molecule has 0 spiro atoms. The molecule has 2 aliphatic heterocycles. The van der Waals surface area contributed by atoms with Gasteiger partial charge in [-0.2, -0.15) is 5.10 Å². The molecule has 3 fully saturated rings. The first kappa shape index (κ1) is 20.8. The van der Waals surface area contributed by atoms with Crippen molar-refractivity contribution in [1.29, 1.82) is 0 Å². The molecular weight excluding hydrogens is 366 g/mol. The van der Waals surface area contributed by atoms with Gasteiger partial charge in [-0.25, -0.2) is 0 Å². The molecule has 1 N–H and O–H groups in total. The number of nitrogens with one attached hydrogen (secondary N) is 1. The van der Waals surface area contributed by atoms with Crippen LogP contribution in [0.15, 0.2) is 12.3 Å². The van der Waals surface area contributed by atoms with Crippen LogP contribution in [0.4, 0.5) is 0 Å². The van der Waals surface area contributed by atoms with Gasteiger partial charge in [0.2, 0.25) is 5.91 Å². The van der Waals surface area contributed by atoms with E-state index in [9.17, 15) is 4.79 Å². The first-order valence-corrected chi connectivity index (χ1v) is 11.4. The second kappa shape index (κ2) is 9.14. The number of aryl methyl sites for hydroxylation is 1. The van der Waals surface area contributed by atoms with E-state index >= 15 is 0 Å². The average Bonchev–Trinajstić information content (AvgIpc) is 3.18. The summed E-state index contributed by atoms with van der Waals surface area (Å²) < 4.78 is 7.44. The van der Waals surface area contributed by atoms with Gasteiger partial charge in [-0.1, -0.05) is 6.92 Å². The molecule has 3 heterocycles. The Hall–Kier alpha value is -1.44. The van der Waals surface area contributed by atoms with Gasteiger partial charge >= 0.3 is 0 Å². The van der Waals surface area contributed by atoms with Crippen molar-refractivity contribution in [2.75, 3.05) is 52.5 Å². The van der Waals surface area contributed by atoms with Crippen LogP contribution in [0.1, 0.15) is 38.3 Å². The van der Waals surface area contributed by atoms with Crippen LogP contribution in [0.25, 0.3) is 0 Å². The number of morpholine rings is 1. The normalized spacial score (nSPS) is 31.4. The first-order chi connectivity index (χ1) is 14.1. The second-order valence-corrected chi connectivity index (χ2v) is 9.04. The summed E-state index contributed by atoms with van der Waals surface area (Å²) in [6, 6.07) is 2.65. The summed E-state index contributed by atoms with van der Waals surface area (Å²) in [6.45, 7) is 9.77. The Morgan fingerprint density at radius 2 is 2.14 bits per heavy atom. The van der Waals surface area contributed by atoms with E-state index in [-0.39, 0.29) is 11.3 Å². The Morgan fingerprint density at radius 1 is 1.31 bits per heavy atom. The van der Waals surface area contributed by atoms with Gasteiger partial charge < -0.3 is 15.0 Å². The number of aromatic nitrogens is 2. The summed E-state index contributed by atoms with van der Waals surface area (Å²) in [5.41, 5.74) is 0.943. The zero-order chi connectivity index (χ0) is 20.3. The number of fused-ring (bicyclic) bond motifs is 1. The monoisotopic (exact) mass is 403 g/mol. The van der Waals surface area contributed by atoms with Gasteiger partial charge in [0.1, 0.15) is 0 Å². The molecular formula is C22H37N5O2. The molecule has 29 heavy (non-hydrogen) atoms. The lowest BCUT2D eigenvalue weighted by Gasteiger charge is -2.53. The number of carbonyl (C=O) groups is 1. The molecule has 4 rings (SSSR count). The van der Waals surface area contributed by atoms with Gasteiger partial charge in [0, 0.05) is 57.6 Å². The number of hydrogen-bond acceptors (Lipinski definition) is 5. The van der Waals surface area contributed by atoms with Crippen molar-refractivity contribution in [2.45, 2.75) is 45.1 Å². The lowest BCUT2D eigenvalue weighted by Crippen LogP contribution is -2.61. The van der Waals surface area contributed by atoms with Crippen LogP contribution < -0.4 is 5.32 Å². The highest BCUT2D eigenvalue weighted by Crippen LogP contribution is 2.47. The summed E-state index contributed by atoms with van der Waals surface area (Å²) in [4.78, 5) is 18.6. The number of piperidine rings is 1. The standard InChI is InChI=1S/C22H37N5O2/c1-3-26-11-7-18-16-20(27-12-14-29-15-13-27)4-8-22(18,17-26)21(28)23-9-5-19-6-10-24-25(19)2/h6,10,18,20H,3-5,7-9,11-17H2,1-2H3,(H,23,28)/t18-,20+,22-/m1/s1. The van der Waals surface area contributed by atoms with Crippen LogP contribution in [0, 0.1) is 11.3 Å². The number of likely N-dealkylation sites (tertiary alicyclic amines) is 1. The number of nitrogens with zero attached hydrogens (tertiary/aromatic N) is 4. The van der Waals surface area contributed by atoms with Crippen LogP contribution >= 0.6 is 0 Å². The number of rotatable bonds is 6. The van der Waals surface area contributed by atoms with Crippen LogP contribution in [-0.4, -0.2) is 84.0 Å². The molecule has 0 radical (unpaired) electrons. The third-order valence-electron chi connectivity index (χ3n) is 7.61. The van der Waals surface area contributed by atoms with Crippen LogP contribution in [0.3, 0.4) is 0 Å². The molecule has 1 amide bonds. The molecule has 7 nitrogen and oxygen atoms in total. The molecule has 7 heteroatoms. The molecule has 0 aromatic carbocycles. The first-order valence-electron chi connectivity index (χ1n) is 11.4. The molecule has 0 unspecified atom stereocenters. The lowest BCUT2D eigenvalue weighted by molar-refractivity contribution is -0.144. The molecule has 2 saturated heterocycles. The molecule has 1 aromatic heterocycles. The van der Waals surface area contributed by atoms with E-state index in [0.29, 0.717) is 18.5 Å². The fourth-order valence-electron chi connectivity index (χ4n) is 5.76. The largest absolute Gasteiger partial charge is 0.379 e. The van der Waals surface area contributed by atoms with Crippen molar-refractivity contribution in [3.8, 4) is 0 Å². The number of ether oxygens (including phenoxy) is 1. The van der Waals surface area contributed by atoms with Crippen molar-refractivity contribution in [3.63, 3.8) is 0 Å². The Kier molecular flexibility index (Phi) is 6.56. The average molecular weight is 404 g/mol. The van der Waals surface area contributed by atoms with Crippen LogP contribution in [-0.2, 0) is 23.0 Å². The maximum Gasteiger partial charge on any atom is 0.227 e. The van der Waals surface area contributed by atoms with E-state index in [1.165, 1.54) is 0 Å². The van der Waals surface area contributed by atoms with Gasteiger partial charge in [0.15, 0.2) is 0 Å². The topological polar surface area (TPSA) is 62.6 Å². The Morgan fingerprint density at radius 3 is 2.86 bits per heavy atom. The van der Waals surface area contributed by atoms with Crippen molar-refractivity contribution in [2.24, 2.45) is 18.4 Å². The van der Waals surface area contributed by atoms with E-state index in [0.717, 1.165) is 83.7 Å². The zero-order valence-corrected chi connectivity index (χ0v) is 18.1. The number of carbonyl (C=O) groups excluding carboxylic acids is 1. The van der Waals surface area contributed by atoms with Gasteiger partial charge in [-0.05, 0) is 50.8 Å². The summed E-state index contributed by atoms with van der Waals surface area (Å²) in [7, 11) is 1.96. The highest BCUT2D eigenvalue weighted by molar-refractivity contribution is 5.83. The minimum atomic E-state index is -0.219. The molecule has 1 saturated carbocycles. The van der Waals surface area contributed by atoms with Crippen molar-refractivity contribution in [1.82, 2.24) is 24.9 Å². The van der Waals surface area contributed by atoms with Gasteiger partial charge in [-0.15, -0.1) is 0 Å². The van der Waals surface area contributed by atoms with Crippen molar-refractivity contribution in [3.05, 3.63) is 18.0 Å². The molecule has 3 atom stereocenters. The minimum Gasteiger partial charge on any atom is -0.379 e. The second-order valence-electron chi connectivity index (χ2n) is 9.04. The predicted molar refractivity (Wildman–Crippen MR) is 113 cm³/mol. The van der Waals surface area contributed by atoms with E-state index in [1.54, 1.807) is 0 Å². The quantitative estimate of drug-likeness (QED) is 0.776. The third kappa shape index (κ3) is 4.37. The van der Waals surface area contributed by atoms with Crippen molar-refractivity contribution < 1.29 is 9.53 Å². The van der Waals surface area contributed by atoms with Crippen molar-refractivity contribution >= 4 is 5.91 Å². The maximum absolute atomic E-state index is 13.5. The molecule has 162 valence electrons. The highest BCUT2D eigenvalue weighted by Gasteiger charge is 2.52. The predicted octanol–water partition coefficient (Wildman–Crippen LogP) is 1.29. The maximum atomic E-state index is 13.5. The minimum absolute atomic E-state index is 0.219. The summed E-state index contributed by atoms with van der Waals surface area (Å²) in [5, 5.41) is 7.53. The Bertz CT molecular complexity index is 686. The van der Waals surface area contributed by atoms with Crippen LogP contribution in [0.5, 0.6) is 0 Å². The molecule has 1 aliphatic carbocycles. The smallest absolute Gasteiger partial charge is 0.227 e. The number of hydrogen-bond donors (Lipinski definition) is 1. The molecule has 0 bridgehead atoms. The Balaban J connectivity index is 1.42. The SMILES string of the molecule is CCN1CC[C@@H]2C[C@@H](N3CCOCC3)CC[C@@]2(C(=O)NCCc2ccnn2C)C1. The third-order valence-corrected chi connectivity index (χ3v) is 7.61. The van der Waals surface area contributed by atoms with E-state index in [1.807, 2.05) is 24.0 Å². The molecule has 1 aromatic rings. The fraction of sp³-hybridized carbons (Fsp3) is 0.818. The Labute approximate surface area is 174 Å². The van der Waals surface area contributed by atoms with Gasteiger partial charge in [0.25, 0.3) is 0 Å². The summed E-state index contributed by atoms with van der Waals surface area (Å²) in [6.07, 6.45) is 7.09. The lowest BCUT2D eigenvalue weighted by atomic mass is 9.61. The zero-order valence-electron chi connectivity index (χ0n) is 18.1. The highest BCUT2D eigenvalue weighted by atomic mass is 16.5. The summed E-state index contributed by atoms with van der Waals surface area (Å²) in [5.74, 6) is 0.770. The summed E-state index contributed by atoms with van der Waals surface area (Å²) >= 11 is 0. The fourth-order valence-corrected chi connectivity index (χ4v) is 5.76. The van der Waals surface area contributed by atoms with Gasteiger partial charge in [0.05, 0.1) is 18.6 Å². The van der Waals surface area contributed by atoms with Gasteiger partial charge in [-0.3, -0.25) is 14.4 Å². The molecule has 3 aliphatic rings. The van der Waals surface area contributed by atoms with E-state index in [2.05, 4.69) is 27.1 Å². The number of amides is 1. The van der Waals surface area contributed by atoms with E-state index in [4.69, 9.17) is 4.74 Å².